The number of fused-ring (bicyclic) bond motifs is 10. The van der Waals surface area contributed by atoms with Crippen molar-refractivity contribution < 1.29 is 0 Å². The van der Waals surface area contributed by atoms with Crippen molar-refractivity contribution in [2.75, 3.05) is 14.7 Å². The van der Waals surface area contributed by atoms with Crippen LogP contribution in [0.15, 0.2) is 291 Å². The molecule has 16 aromatic rings. The lowest BCUT2D eigenvalue weighted by Crippen LogP contribution is -2.53. The summed E-state index contributed by atoms with van der Waals surface area (Å²) in [7, 11) is 0. The van der Waals surface area contributed by atoms with Crippen molar-refractivity contribution in [2.45, 2.75) is 48.5 Å². The molecule has 0 saturated heterocycles. The Bertz CT molecular complexity index is 5890. The van der Waals surface area contributed by atoms with E-state index in [-0.39, 0.29) is 13.4 Å². The topological polar surface area (TPSA) is 9.72 Å². The Morgan fingerprint density at radius 1 is 0.200 bits per heavy atom. The van der Waals surface area contributed by atoms with Crippen LogP contribution < -0.4 is 47.5 Å². The molecule has 4 heterocycles. The predicted octanol–water partition coefficient (Wildman–Crippen LogP) is 21.4. The van der Waals surface area contributed by atoms with Crippen molar-refractivity contribution in [3.8, 4) is 66.8 Å². The van der Waals surface area contributed by atoms with E-state index in [0.29, 0.717) is 0 Å². The summed E-state index contributed by atoms with van der Waals surface area (Å²) in [6.45, 7) is 16.1. The molecular formula is C95H69B2N3. The molecule has 0 N–H and O–H groups in total. The Labute approximate surface area is 586 Å². The first-order valence-electron chi connectivity index (χ1n) is 35.4. The van der Waals surface area contributed by atoms with E-state index < -0.39 is 0 Å². The first-order valence-corrected chi connectivity index (χ1v) is 35.4. The number of para-hydroxylation sites is 6. The third-order valence-corrected chi connectivity index (χ3v) is 22.5. The Morgan fingerprint density at radius 3 is 0.850 bits per heavy atom. The summed E-state index contributed by atoms with van der Waals surface area (Å²) in [4.78, 5) is 7.39. The van der Waals surface area contributed by atoms with Gasteiger partial charge in [-0.15, -0.1) is 0 Å². The van der Waals surface area contributed by atoms with E-state index in [1.54, 1.807) is 0 Å². The van der Waals surface area contributed by atoms with Crippen LogP contribution in [-0.4, -0.2) is 13.4 Å². The Balaban J connectivity index is 0.970. The summed E-state index contributed by atoms with van der Waals surface area (Å²) >= 11 is 0. The fraction of sp³-hybridized carbons (Fsp3) is 0.0737. The van der Waals surface area contributed by atoms with Gasteiger partial charge in [-0.3, -0.25) is 0 Å². The first kappa shape index (κ1) is 58.3. The first-order chi connectivity index (χ1) is 49.0. The smallest absolute Gasteiger partial charge is 0.244 e. The van der Waals surface area contributed by atoms with Crippen LogP contribution in [0.25, 0.3) is 99.1 Å². The minimum absolute atomic E-state index is 0.0143. The Kier molecular flexibility index (Phi) is 12.8. The zero-order chi connectivity index (χ0) is 66.9. The van der Waals surface area contributed by atoms with Gasteiger partial charge in [0.15, 0.2) is 0 Å². The number of hydrogen-bond acceptors (Lipinski definition) is 3. The molecule has 0 aliphatic carbocycles. The number of aryl methyl sites for hydroxylation is 7. The van der Waals surface area contributed by atoms with Crippen LogP contribution in [0.1, 0.15) is 38.9 Å². The van der Waals surface area contributed by atoms with Gasteiger partial charge >= 0.3 is 0 Å². The second-order valence-corrected chi connectivity index (χ2v) is 28.7. The van der Waals surface area contributed by atoms with E-state index in [1.165, 1.54) is 171 Å². The van der Waals surface area contributed by atoms with Gasteiger partial charge in [-0.05, 0) is 291 Å². The highest BCUT2D eigenvalue weighted by molar-refractivity contribution is 7.03. The zero-order valence-corrected chi connectivity index (χ0v) is 57.2. The van der Waals surface area contributed by atoms with E-state index in [2.05, 4.69) is 354 Å². The number of nitrogens with zero attached hydrogens (tertiary/aromatic N) is 3. The molecule has 0 bridgehead atoms. The van der Waals surface area contributed by atoms with Crippen molar-refractivity contribution in [2.24, 2.45) is 0 Å². The van der Waals surface area contributed by atoms with Gasteiger partial charge in [0.2, 0.25) is 13.4 Å². The molecule has 0 fully saturated rings. The Morgan fingerprint density at radius 2 is 0.500 bits per heavy atom. The lowest BCUT2D eigenvalue weighted by molar-refractivity contribution is 1.28. The van der Waals surface area contributed by atoms with Crippen LogP contribution in [0.3, 0.4) is 0 Å². The molecule has 100 heavy (non-hydrogen) atoms. The van der Waals surface area contributed by atoms with Crippen molar-refractivity contribution >= 4 is 130 Å². The molecule has 16 aromatic carbocycles. The molecular weight excluding hydrogens is 1200 g/mol. The molecule has 4 aliphatic rings. The second-order valence-electron chi connectivity index (χ2n) is 28.7. The van der Waals surface area contributed by atoms with Gasteiger partial charge < -0.3 is 14.7 Å². The summed E-state index contributed by atoms with van der Waals surface area (Å²) < 4.78 is 0. The van der Waals surface area contributed by atoms with Gasteiger partial charge in [0.1, 0.15) is 0 Å². The lowest BCUT2D eigenvalue weighted by Gasteiger charge is -2.34. The molecule has 0 aromatic heterocycles. The minimum Gasteiger partial charge on any atom is -0.310 e. The summed E-state index contributed by atoms with van der Waals surface area (Å²) in [5.41, 5.74) is 42.8. The third-order valence-electron chi connectivity index (χ3n) is 22.5. The van der Waals surface area contributed by atoms with E-state index in [1.807, 2.05) is 0 Å². The van der Waals surface area contributed by atoms with Crippen LogP contribution in [-0.2, 0) is 0 Å². The Hall–Kier alpha value is -11.9. The number of anilines is 9. The fourth-order valence-electron chi connectivity index (χ4n) is 18.9. The quantitative estimate of drug-likeness (QED) is 0.0944. The molecule has 3 nitrogen and oxygen atoms in total. The molecule has 0 amide bonds. The van der Waals surface area contributed by atoms with Gasteiger partial charge in [0.25, 0.3) is 0 Å². The molecule has 0 unspecified atom stereocenters. The number of rotatable bonds is 11. The molecule has 0 radical (unpaired) electrons. The van der Waals surface area contributed by atoms with E-state index in [4.69, 9.17) is 0 Å². The highest BCUT2D eigenvalue weighted by atomic mass is 15.2. The maximum absolute atomic E-state index is 2.72. The van der Waals surface area contributed by atoms with Crippen LogP contribution in [0.5, 0.6) is 0 Å². The van der Waals surface area contributed by atoms with Gasteiger partial charge in [-0.25, -0.2) is 0 Å². The predicted molar refractivity (Wildman–Crippen MR) is 429 cm³/mol. The van der Waals surface area contributed by atoms with Gasteiger partial charge in [0.05, 0.1) is 0 Å². The van der Waals surface area contributed by atoms with E-state index in [9.17, 15) is 0 Å². The molecule has 0 atom stereocenters. The zero-order valence-electron chi connectivity index (χ0n) is 57.2. The highest BCUT2D eigenvalue weighted by Crippen LogP contribution is 2.55. The lowest BCUT2D eigenvalue weighted by atomic mass is 9.34. The monoisotopic (exact) mass is 1270 g/mol. The fourth-order valence-corrected chi connectivity index (χ4v) is 18.9. The van der Waals surface area contributed by atoms with Crippen LogP contribution >= 0.6 is 0 Å². The molecule has 0 saturated carbocycles. The van der Waals surface area contributed by atoms with Gasteiger partial charge in [0, 0.05) is 51.2 Å². The normalized spacial score (nSPS) is 12.5. The second kappa shape index (κ2) is 22.1. The van der Waals surface area contributed by atoms with E-state index >= 15 is 0 Å². The van der Waals surface area contributed by atoms with Crippen LogP contribution in [0.4, 0.5) is 51.2 Å². The molecule has 20 rings (SSSR count). The molecule has 0 spiro atoms. The van der Waals surface area contributed by atoms with Crippen molar-refractivity contribution in [1.82, 2.24) is 0 Å². The van der Waals surface area contributed by atoms with Crippen LogP contribution in [0.2, 0.25) is 0 Å². The summed E-state index contributed by atoms with van der Waals surface area (Å²) in [5.74, 6) is 0. The standard InChI is InChI=1S/C95H69B2N3/c1-56-38-40-84-72(46-56)80-48-70(99(65-30-18-10-19-31-65)66-32-20-11-21-33-66)50-82-76-52-74(88-59(4)42-57(2)43-60(88)5)79-55-87-91-77(53-75(89-61(6)44-58(3)45-62(89)7)78-54-86(96(84)94(80)82)90(76)92(79)93(78)91)83-51-71(100(67-34-22-12-23-35-67)68-36-24-13-25-37-68)49-81-73-47-69(39-41-85(73)97(87)95(81)83)98(63-26-14-8-15-27-63)64-28-16-9-17-29-64/h8-55H,1-7H3. The maximum atomic E-state index is 2.72. The van der Waals surface area contributed by atoms with Gasteiger partial charge in [-0.1, -0.05) is 219 Å². The van der Waals surface area contributed by atoms with Crippen molar-refractivity contribution in [1.29, 1.82) is 0 Å². The number of hydrogen-bond donors (Lipinski definition) is 0. The SMILES string of the molecule is Cc1cc(C)c(-c2cc3c4c(cc5c(-c6c(C)cc(C)cc6C)cc6c7c(cc2c4c57)B2c4ccc(N(c5ccccc5)c5ccccc5)cc4-c4cc(N(c5ccccc5)c5ccccc5)cc-6c42)B2c4ccc(C)cc4-c4cc(N(c5ccccc5)c5ccccc5)cc-3c42)c(C)c1. The van der Waals surface area contributed by atoms with Gasteiger partial charge in [-0.2, -0.15) is 0 Å². The largest absolute Gasteiger partial charge is 0.310 e. The summed E-state index contributed by atoms with van der Waals surface area (Å²) in [6.07, 6.45) is 0. The third kappa shape index (κ3) is 8.54. The molecule has 470 valence electrons. The van der Waals surface area contributed by atoms with Crippen molar-refractivity contribution in [3.05, 3.63) is 330 Å². The highest BCUT2D eigenvalue weighted by Gasteiger charge is 2.46. The molecule has 4 aliphatic heterocycles. The van der Waals surface area contributed by atoms with Crippen molar-refractivity contribution in [3.63, 3.8) is 0 Å². The van der Waals surface area contributed by atoms with Crippen LogP contribution in [0, 0.1) is 48.5 Å². The summed E-state index contributed by atoms with van der Waals surface area (Å²) in [5, 5.41) is 8.04. The van der Waals surface area contributed by atoms with E-state index in [0.717, 1.165) is 51.2 Å². The average Bonchev–Trinajstić information content (AvgIpc) is 1.32. The maximum Gasteiger partial charge on any atom is 0.244 e. The number of benzene rings is 16. The minimum atomic E-state index is -0.0856. The molecule has 5 heteroatoms. The average molecular weight is 1270 g/mol. The summed E-state index contributed by atoms with van der Waals surface area (Å²) in [6, 6.07) is 111.